The van der Waals surface area contributed by atoms with Crippen LogP contribution in [0, 0.1) is 13.8 Å². The fourth-order valence-corrected chi connectivity index (χ4v) is 2.45. The van der Waals surface area contributed by atoms with E-state index < -0.39 is 15.6 Å². The Kier molecular flexibility index (Phi) is 4.23. The van der Waals surface area contributed by atoms with Gasteiger partial charge in [0, 0.05) is 12.1 Å². The Balaban J connectivity index is 2.67. The third kappa shape index (κ3) is 4.92. The van der Waals surface area contributed by atoms with Crippen LogP contribution in [0.2, 0.25) is 0 Å². The summed E-state index contributed by atoms with van der Waals surface area (Å²) in [5.74, 6) is 0.390. The van der Waals surface area contributed by atoms with E-state index in [2.05, 4.69) is 25.2 Å². The fourth-order valence-electron chi connectivity index (χ4n) is 1.37. The van der Waals surface area contributed by atoms with Gasteiger partial charge in [0.25, 0.3) is 0 Å². The molecule has 2 N–H and O–H groups in total. The number of rotatable bonds is 5. The SMILES string of the molecule is Cc1nnc(NCC(C)(C)NS(C)(=O)=O)nc1C. The van der Waals surface area contributed by atoms with Crippen LogP contribution < -0.4 is 10.0 Å². The molecule has 0 saturated carbocycles. The molecule has 0 aliphatic heterocycles. The number of hydrogen-bond donors (Lipinski definition) is 2. The zero-order valence-electron chi connectivity index (χ0n) is 11.3. The van der Waals surface area contributed by atoms with Gasteiger partial charge in [-0.25, -0.2) is 18.1 Å². The summed E-state index contributed by atoms with van der Waals surface area (Å²) in [6, 6.07) is 0. The summed E-state index contributed by atoms with van der Waals surface area (Å²) in [4.78, 5) is 4.21. The fraction of sp³-hybridized carbons (Fsp3) is 0.700. The highest BCUT2D eigenvalue weighted by atomic mass is 32.2. The van der Waals surface area contributed by atoms with Crippen molar-refractivity contribution in [3.63, 3.8) is 0 Å². The quantitative estimate of drug-likeness (QED) is 0.797. The second kappa shape index (κ2) is 5.15. The topological polar surface area (TPSA) is 96.9 Å². The molecular weight excluding hydrogens is 254 g/mol. The molecule has 18 heavy (non-hydrogen) atoms. The first-order valence-electron chi connectivity index (χ1n) is 5.50. The van der Waals surface area contributed by atoms with Crippen molar-refractivity contribution in [2.24, 2.45) is 0 Å². The van der Waals surface area contributed by atoms with E-state index in [4.69, 9.17) is 0 Å². The molecule has 1 heterocycles. The van der Waals surface area contributed by atoms with E-state index in [0.717, 1.165) is 17.6 Å². The predicted octanol–water partition coefficient (Wildman–Crippen LogP) is 0.228. The maximum Gasteiger partial charge on any atom is 0.243 e. The number of sulfonamides is 1. The number of anilines is 1. The lowest BCUT2D eigenvalue weighted by molar-refractivity contribution is 0.475. The van der Waals surface area contributed by atoms with Crippen molar-refractivity contribution in [3.05, 3.63) is 11.4 Å². The predicted molar refractivity (Wildman–Crippen MR) is 69.8 cm³/mol. The Hall–Kier alpha value is -1.28. The van der Waals surface area contributed by atoms with Gasteiger partial charge in [0.1, 0.15) is 0 Å². The van der Waals surface area contributed by atoms with Gasteiger partial charge in [-0.15, -0.1) is 5.10 Å². The van der Waals surface area contributed by atoms with Crippen LogP contribution in [-0.2, 0) is 10.0 Å². The minimum Gasteiger partial charge on any atom is -0.351 e. The summed E-state index contributed by atoms with van der Waals surface area (Å²) in [5, 5.41) is 10.8. The Morgan fingerprint density at radius 1 is 1.17 bits per heavy atom. The highest BCUT2D eigenvalue weighted by Crippen LogP contribution is 2.07. The van der Waals surface area contributed by atoms with Gasteiger partial charge in [-0.05, 0) is 27.7 Å². The molecule has 8 heteroatoms. The van der Waals surface area contributed by atoms with Crippen molar-refractivity contribution in [1.29, 1.82) is 0 Å². The van der Waals surface area contributed by atoms with E-state index in [1.807, 2.05) is 13.8 Å². The van der Waals surface area contributed by atoms with Crippen LogP contribution in [0.25, 0.3) is 0 Å². The summed E-state index contributed by atoms with van der Waals surface area (Å²) in [6.07, 6.45) is 1.13. The Bertz CT molecular complexity index is 527. The minimum atomic E-state index is -3.25. The van der Waals surface area contributed by atoms with Crippen molar-refractivity contribution in [2.75, 3.05) is 18.1 Å². The van der Waals surface area contributed by atoms with E-state index in [1.54, 1.807) is 13.8 Å². The monoisotopic (exact) mass is 273 g/mol. The maximum atomic E-state index is 11.2. The van der Waals surface area contributed by atoms with E-state index in [1.165, 1.54) is 0 Å². The van der Waals surface area contributed by atoms with Crippen molar-refractivity contribution in [1.82, 2.24) is 19.9 Å². The molecule has 7 nitrogen and oxygen atoms in total. The molecule has 0 aliphatic rings. The van der Waals surface area contributed by atoms with Gasteiger partial charge in [-0.2, -0.15) is 5.10 Å². The van der Waals surface area contributed by atoms with Crippen LogP contribution >= 0.6 is 0 Å². The number of hydrogen-bond acceptors (Lipinski definition) is 6. The lowest BCUT2D eigenvalue weighted by atomic mass is 10.1. The average Bonchev–Trinajstić information content (AvgIpc) is 2.16. The second-order valence-electron chi connectivity index (χ2n) is 4.92. The first-order chi connectivity index (χ1) is 8.09. The van der Waals surface area contributed by atoms with Gasteiger partial charge in [-0.1, -0.05) is 0 Å². The van der Waals surface area contributed by atoms with E-state index in [-0.39, 0.29) is 0 Å². The van der Waals surface area contributed by atoms with Crippen LogP contribution in [0.1, 0.15) is 25.2 Å². The molecule has 1 aromatic rings. The summed E-state index contributed by atoms with van der Waals surface area (Å²) >= 11 is 0. The standard InChI is InChI=1S/C10H19N5O2S/c1-7-8(2)13-14-9(12-7)11-6-10(3,4)15-18(5,16)17/h15H,6H2,1-5H3,(H,11,12,14). The number of aromatic nitrogens is 3. The van der Waals surface area contributed by atoms with Gasteiger partial charge in [0.05, 0.1) is 17.6 Å². The molecular formula is C10H19N5O2S. The van der Waals surface area contributed by atoms with Gasteiger partial charge in [0.15, 0.2) is 0 Å². The lowest BCUT2D eigenvalue weighted by Gasteiger charge is -2.25. The van der Waals surface area contributed by atoms with Gasteiger partial charge >= 0.3 is 0 Å². The molecule has 0 aliphatic carbocycles. The third-order valence-corrected chi connectivity index (χ3v) is 3.17. The van der Waals surface area contributed by atoms with Gasteiger partial charge < -0.3 is 5.32 Å². The van der Waals surface area contributed by atoms with Crippen LogP contribution in [-0.4, -0.2) is 41.9 Å². The maximum absolute atomic E-state index is 11.2. The van der Waals surface area contributed by atoms with Crippen molar-refractivity contribution in [3.8, 4) is 0 Å². The molecule has 0 radical (unpaired) electrons. The van der Waals surface area contributed by atoms with E-state index >= 15 is 0 Å². The third-order valence-electron chi connectivity index (χ3n) is 2.24. The first kappa shape index (κ1) is 14.8. The molecule has 1 aromatic heterocycles. The molecule has 1 rings (SSSR count). The van der Waals surface area contributed by atoms with Crippen molar-refractivity contribution < 1.29 is 8.42 Å². The molecule has 0 amide bonds. The molecule has 102 valence electrons. The molecule has 0 atom stereocenters. The van der Waals surface area contributed by atoms with E-state index in [0.29, 0.717) is 12.5 Å². The second-order valence-corrected chi connectivity index (χ2v) is 6.67. The lowest BCUT2D eigenvalue weighted by Crippen LogP contribution is -2.48. The van der Waals surface area contributed by atoms with Crippen LogP contribution in [0.3, 0.4) is 0 Å². The van der Waals surface area contributed by atoms with Crippen LogP contribution in [0.4, 0.5) is 5.95 Å². The number of aryl methyl sites for hydroxylation is 2. The van der Waals surface area contributed by atoms with Crippen LogP contribution in [0.15, 0.2) is 0 Å². The molecule has 0 saturated heterocycles. The highest BCUT2D eigenvalue weighted by Gasteiger charge is 2.22. The zero-order valence-corrected chi connectivity index (χ0v) is 12.1. The summed E-state index contributed by atoms with van der Waals surface area (Å²) in [5.41, 5.74) is 0.936. The van der Waals surface area contributed by atoms with Gasteiger partial charge in [0.2, 0.25) is 16.0 Å². The van der Waals surface area contributed by atoms with Crippen LogP contribution in [0.5, 0.6) is 0 Å². The molecule has 0 fully saturated rings. The smallest absolute Gasteiger partial charge is 0.243 e. The van der Waals surface area contributed by atoms with Crippen molar-refractivity contribution >= 4 is 16.0 Å². The normalized spacial score (nSPS) is 12.5. The summed E-state index contributed by atoms with van der Waals surface area (Å²) in [7, 11) is -3.25. The molecule has 0 aromatic carbocycles. The summed E-state index contributed by atoms with van der Waals surface area (Å²) in [6.45, 7) is 7.58. The molecule has 0 unspecified atom stereocenters. The van der Waals surface area contributed by atoms with Gasteiger partial charge in [-0.3, -0.25) is 0 Å². The highest BCUT2D eigenvalue weighted by molar-refractivity contribution is 7.88. The molecule has 0 bridgehead atoms. The minimum absolute atomic E-state index is 0.365. The Morgan fingerprint density at radius 3 is 2.28 bits per heavy atom. The molecule has 0 spiro atoms. The van der Waals surface area contributed by atoms with Crippen molar-refractivity contribution in [2.45, 2.75) is 33.2 Å². The first-order valence-corrected chi connectivity index (χ1v) is 7.39. The largest absolute Gasteiger partial charge is 0.351 e. The van der Waals surface area contributed by atoms with E-state index in [9.17, 15) is 8.42 Å². The average molecular weight is 273 g/mol. The Labute approximate surface area is 107 Å². The number of nitrogens with zero attached hydrogens (tertiary/aromatic N) is 3. The number of nitrogens with one attached hydrogen (secondary N) is 2. The zero-order chi connectivity index (χ0) is 14.0. The summed E-state index contributed by atoms with van der Waals surface area (Å²) < 4.78 is 24.9. The Morgan fingerprint density at radius 2 is 1.78 bits per heavy atom.